The van der Waals surface area contributed by atoms with Crippen molar-refractivity contribution in [2.45, 2.75) is 20.3 Å². The summed E-state index contributed by atoms with van der Waals surface area (Å²) in [5, 5.41) is 0. The van der Waals surface area contributed by atoms with Gasteiger partial charge in [0, 0.05) is 4.57 Å². The molecular weight excluding hydrogens is 349 g/mol. The largest absolute Gasteiger partial charge is 0.705 e. The Labute approximate surface area is 124 Å². The highest BCUT2D eigenvalue weighted by molar-refractivity contribution is 7.66. The first-order valence-electron chi connectivity index (χ1n) is 4.39. The van der Waals surface area contributed by atoms with Crippen molar-refractivity contribution < 1.29 is 37.0 Å². The molecule has 0 amide bonds. The summed E-state index contributed by atoms with van der Waals surface area (Å²) in [4.78, 5) is 26.3. The van der Waals surface area contributed by atoms with E-state index in [9.17, 15) is 18.6 Å². The minimum absolute atomic E-state index is 0. The average molecular weight is 375 g/mol. The van der Waals surface area contributed by atoms with E-state index in [4.69, 9.17) is 9.79 Å². The summed E-state index contributed by atoms with van der Waals surface area (Å²) in [6, 6.07) is 0. The lowest BCUT2D eigenvalue weighted by Crippen LogP contribution is -1.94. The molecule has 15 heteroatoms. The van der Waals surface area contributed by atoms with Gasteiger partial charge in [-0.3, -0.25) is 9.46 Å². The lowest BCUT2D eigenvalue weighted by atomic mass is 10.3. The molecule has 0 saturated heterocycles. The highest BCUT2D eigenvalue weighted by Gasteiger charge is 2.41. The minimum Gasteiger partial charge on any atom is -0.344 e. The first kappa shape index (κ1) is 32.8. The Morgan fingerprint density at radius 1 is 1.14 bits per heavy atom. The summed E-state index contributed by atoms with van der Waals surface area (Å²) in [5.74, 6) is 0. The van der Waals surface area contributed by atoms with Crippen molar-refractivity contribution in [1.29, 1.82) is 0 Å². The Bertz CT molecular complexity index is 413. The molecule has 0 aromatic heterocycles. The molecule has 0 spiro atoms. The lowest BCUT2D eigenvalue weighted by Gasteiger charge is -2.11. The number of allylic oxidation sites excluding steroid dienone is 2. The molecular formula is C6H26N4O8P3+. The molecule has 0 aromatic rings. The second-order valence-electron chi connectivity index (χ2n) is 3.30. The molecule has 0 aromatic carbocycles. The van der Waals surface area contributed by atoms with Crippen LogP contribution in [0.1, 0.15) is 20.3 Å². The van der Waals surface area contributed by atoms with Gasteiger partial charge in [0.05, 0.1) is 6.16 Å². The van der Waals surface area contributed by atoms with E-state index in [1.54, 1.807) is 19.9 Å². The third-order valence-corrected chi connectivity index (χ3v) is 5.42. The van der Waals surface area contributed by atoms with Crippen LogP contribution in [0.3, 0.4) is 0 Å². The molecule has 0 heterocycles. The zero-order valence-corrected chi connectivity index (χ0v) is 14.7. The Morgan fingerprint density at radius 2 is 1.57 bits per heavy atom. The van der Waals surface area contributed by atoms with Gasteiger partial charge in [-0.05, 0) is 24.6 Å². The number of hydrogen-bond donors (Lipinski definition) is 7. The Morgan fingerprint density at radius 3 is 1.90 bits per heavy atom. The van der Waals surface area contributed by atoms with Crippen molar-refractivity contribution >= 4 is 23.7 Å². The van der Waals surface area contributed by atoms with Crippen molar-refractivity contribution in [2.75, 3.05) is 6.16 Å². The summed E-state index contributed by atoms with van der Waals surface area (Å²) in [5.41, 5.74) is 0.909. The molecule has 12 nitrogen and oxygen atoms in total. The van der Waals surface area contributed by atoms with Crippen molar-refractivity contribution in [1.82, 2.24) is 24.6 Å². The third-order valence-electron chi connectivity index (χ3n) is 1.37. The van der Waals surface area contributed by atoms with Gasteiger partial charge in [-0.1, -0.05) is 11.6 Å². The quantitative estimate of drug-likeness (QED) is 0.250. The van der Waals surface area contributed by atoms with Gasteiger partial charge in [-0.15, -0.1) is 4.89 Å². The SMILES string of the molecule is CC(C)=CCCP(=O)(O)OP(=O)(O)O[P+](=O)O.N.N.N.N. The third kappa shape index (κ3) is 19.9. The second kappa shape index (κ2) is 13.6. The smallest absolute Gasteiger partial charge is 0.344 e. The predicted molar refractivity (Wildman–Crippen MR) is 80.6 cm³/mol. The minimum atomic E-state index is -5.00. The van der Waals surface area contributed by atoms with Crippen LogP contribution >= 0.6 is 23.7 Å². The van der Waals surface area contributed by atoms with Crippen LogP contribution in [0, 0.1) is 0 Å². The molecule has 3 unspecified atom stereocenters. The summed E-state index contributed by atoms with van der Waals surface area (Å²) in [6.45, 7) is 3.55. The average Bonchev–Trinajstić information content (AvgIpc) is 1.95. The zero-order chi connectivity index (χ0) is 13.7. The topological polar surface area (TPSA) is 270 Å². The molecule has 21 heavy (non-hydrogen) atoms. The van der Waals surface area contributed by atoms with Gasteiger partial charge in [0.1, 0.15) is 0 Å². The molecule has 15 N–H and O–H groups in total. The highest BCUT2D eigenvalue weighted by atomic mass is 31.3. The van der Waals surface area contributed by atoms with E-state index in [2.05, 4.69) is 8.62 Å². The van der Waals surface area contributed by atoms with Crippen LogP contribution < -0.4 is 24.6 Å². The summed E-state index contributed by atoms with van der Waals surface area (Å²) >= 11 is 0. The van der Waals surface area contributed by atoms with Crippen molar-refractivity contribution in [3.05, 3.63) is 11.6 Å². The van der Waals surface area contributed by atoms with Gasteiger partial charge >= 0.3 is 23.7 Å². The van der Waals surface area contributed by atoms with Gasteiger partial charge in [-0.25, -0.2) is 8.88 Å². The monoisotopic (exact) mass is 375 g/mol. The summed E-state index contributed by atoms with van der Waals surface area (Å²) in [6.07, 6.45) is 1.41. The fraction of sp³-hybridized carbons (Fsp3) is 0.667. The van der Waals surface area contributed by atoms with Crippen molar-refractivity contribution in [3.63, 3.8) is 0 Å². The molecule has 132 valence electrons. The van der Waals surface area contributed by atoms with Crippen LogP contribution in [-0.4, -0.2) is 20.8 Å². The highest BCUT2D eigenvalue weighted by Crippen LogP contribution is 2.62. The van der Waals surface area contributed by atoms with Gasteiger partial charge in [0.25, 0.3) is 0 Å². The maximum absolute atomic E-state index is 11.3. The van der Waals surface area contributed by atoms with Gasteiger partial charge in [0.2, 0.25) is 0 Å². The van der Waals surface area contributed by atoms with E-state index in [1.807, 2.05) is 0 Å². The molecule has 0 fully saturated rings. The van der Waals surface area contributed by atoms with E-state index in [1.165, 1.54) is 0 Å². The Hall–Kier alpha value is -0.0600. The maximum atomic E-state index is 11.3. The zero-order valence-electron chi connectivity index (χ0n) is 12.0. The molecule has 0 rings (SSSR count). The van der Waals surface area contributed by atoms with Crippen molar-refractivity contribution in [3.8, 4) is 0 Å². The van der Waals surface area contributed by atoms with Crippen LogP contribution in [0.15, 0.2) is 11.6 Å². The van der Waals surface area contributed by atoms with Gasteiger partial charge < -0.3 is 29.5 Å². The van der Waals surface area contributed by atoms with E-state index in [0.717, 1.165) is 5.57 Å². The van der Waals surface area contributed by atoms with Crippen molar-refractivity contribution in [2.24, 2.45) is 0 Å². The van der Waals surface area contributed by atoms with E-state index in [0.29, 0.717) is 0 Å². The normalized spacial score (nSPS) is 15.4. The second-order valence-corrected chi connectivity index (χ2v) is 7.74. The molecule has 0 aliphatic rings. The fourth-order valence-electron chi connectivity index (χ4n) is 0.822. The van der Waals surface area contributed by atoms with Gasteiger partial charge in [0.15, 0.2) is 0 Å². The van der Waals surface area contributed by atoms with E-state index < -0.39 is 29.8 Å². The number of rotatable bonds is 7. The van der Waals surface area contributed by atoms with Crippen LogP contribution in [0.4, 0.5) is 0 Å². The number of hydrogen-bond acceptors (Lipinski definition) is 9. The summed E-state index contributed by atoms with van der Waals surface area (Å²) < 4.78 is 40.0. The van der Waals surface area contributed by atoms with E-state index >= 15 is 0 Å². The molecule has 0 saturated carbocycles. The lowest BCUT2D eigenvalue weighted by molar-refractivity contribution is 0.263. The predicted octanol–water partition coefficient (Wildman–Crippen LogP) is 2.96. The first-order chi connectivity index (χ1) is 7.54. The first-order valence-corrected chi connectivity index (χ1v) is 8.78. The van der Waals surface area contributed by atoms with Crippen LogP contribution in [0.2, 0.25) is 0 Å². The van der Waals surface area contributed by atoms with Crippen LogP contribution in [0.5, 0.6) is 0 Å². The standard InChI is InChI=1S/C6H13O8P3.4H3N/c1-6(2)4-3-5-16(9,10)14-17(11,12)13-15(7)8;;;;/h4H,3,5H2,1-2H3,(H2-,7,8,9,10,11,12);4*1H3/p+1. The fourth-order valence-corrected chi connectivity index (χ4v) is 3.99. The Balaban J connectivity index is -0.000000213. The Kier molecular flexibility index (Phi) is 21.2. The summed E-state index contributed by atoms with van der Waals surface area (Å²) in [7, 11) is -12.7. The maximum Gasteiger partial charge on any atom is 0.705 e. The molecule has 0 aliphatic heterocycles. The van der Waals surface area contributed by atoms with Gasteiger partial charge in [-0.2, -0.15) is 0 Å². The molecule has 0 bridgehead atoms. The number of phosphoric acid groups is 1. The van der Waals surface area contributed by atoms with Crippen LogP contribution in [0.25, 0.3) is 0 Å². The molecule has 0 aliphatic carbocycles. The van der Waals surface area contributed by atoms with Crippen LogP contribution in [-0.2, 0) is 22.3 Å². The van der Waals surface area contributed by atoms with E-state index in [-0.39, 0.29) is 31.0 Å². The molecule has 3 atom stereocenters. The molecule has 0 radical (unpaired) electrons.